The van der Waals surface area contributed by atoms with Crippen LogP contribution in [0, 0.1) is 11.6 Å². The molecule has 0 saturated carbocycles. The Morgan fingerprint density at radius 1 is 1.14 bits per heavy atom. The lowest BCUT2D eigenvalue weighted by Gasteiger charge is -2.18. The summed E-state index contributed by atoms with van der Waals surface area (Å²) in [4.78, 5) is 0. The van der Waals surface area contributed by atoms with Crippen LogP contribution < -0.4 is 4.74 Å². The first-order valence-corrected chi connectivity index (χ1v) is 7.85. The maximum Gasteiger partial charge on any atom is 0.176 e. The van der Waals surface area contributed by atoms with Crippen LogP contribution in [0.4, 0.5) is 8.78 Å². The van der Waals surface area contributed by atoms with Gasteiger partial charge in [-0.05, 0) is 48.4 Å². The van der Waals surface area contributed by atoms with Gasteiger partial charge in [-0.2, -0.15) is 0 Å². The van der Waals surface area contributed by atoms with Gasteiger partial charge in [-0.3, -0.25) is 0 Å². The van der Waals surface area contributed by atoms with Gasteiger partial charge in [0.2, 0.25) is 0 Å². The lowest BCUT2D eigenvalue weighted by Crippen LogP contribution is -2.08. The molecule has 1 aliphatic heterocycles. The second kappa shape index (κ2) is 6.07. The number of halogens is 2. The first kappa shape index (κ1) is 15.0. The fourth-order valence-corrected chi connectivity index (χ4v) is 2.96. The normalized spacial score (nSPS) is 13.7. The molecule has 0 saturated heterocycles. The zero-order chi connectivity index (χ0) is 15.7. The number of rotatable bonds is 4. The molecule has 0 atom stereocenters. The number of hydrogen-bond donors (Lipinski definition) is 0. The molecule has 1 aliphatic rings. The van der Waals surface area contributed by atoms with Gasteiger partial charge in [0.05, 0.1) is 5.39 Å². The van der Waals surface area contributed by atoms with E-state index in [1.165, 1.54) is 0 Å². The van der Waals surface area contributed by atoms with Crippen molar-refractivity contribution in [2.75, 3.05) is 6.61 Å². The van der Waals surface area contributed by atoms with E-state index in [4.69, 9.17) is 4.74 Å². The Morgan fingerprint density at radius 3 is 2.73 bits per heavy atom. The molecule has 3 rings (SSSR count). The summed E-state index contributed by atoms with van der Waals surface area (Å²) in [6, 6.07) is 5.38. The molecule has 0 aromatic heterocycles. The first-order valence-electron chi connectivity index (χ1n) is 7.85. The third kappa shape index (κ3) is 2.60. The van der Waals surface area contributed by atoms with E-state index < -0.39 is 11.6 Å². The Bertz CT molecular complexity index is 747. The zero-order valence-electron chi connectivity index (χ0n) is 13.0. The molecule has 0 spiro atoms. The Morgan fingerprint density at radius 2 is 1.95 bits per heavy atom. The van der Waals surface area contributed by atoms with Gasteiger partial charge >= 0.3 is 0 Å². The molecule has 0 radical (unpaired) electrons. The van der Waals surface area contributed by atoms with E-state index in [1.54, 1.807) is 18.2 Å². The first-order chi connectivity index (χ1) is 10.6. The minimum absolute atomic E-state index is 0.0562. The number of fused-ring (bicyclic) bond motifs is 2. The topological polar surface area (TPSA) is 9.23 Å². The van der Waals surface area contributed by atoms with Gasteiger partial charge in [-0.15, -0.1) is 0 Å². The molecule has 1 nitrogen and oxygen atoms in total. The number of hydrogen-bond acceptors (Lipinski definition) is 1. The highest BCUT2D eigenvalue weighted by Crippen LogP contribution is 2.37. The predicted molar refractivity (Wildman–Crippen MR) is 86.2 cm³/mol. The van der Waals surface area contributed by atoms with Crippen molar-refractivity contribution in [1.82, 2.24) is 0 Å². The van der Waals surface area contributed by atoms with Crippen LogP contribution in [0.1, 0.15) is 44.2 Å². The molecule has 2 aromatic rings. The quantitative estimate of drug-likeness (QED) is 0.663. The predicted octanol–water partition coefficient (Wildman–Crippen LogP) is 5.65. The Balaban J connectivity index is 2.11. The van der Waals surface area contributed by atoms with Crippen LogP contribution >= 0.6 is 0 Å². The molecule has 0 amide bonds. The molecular weight excluding hydrogens is 282 g/mol. The molecule has 0 unspecified atom stereocenters. The third-order valence-electron chi connectivity index (χ3n) is 4.14. The van der Waals surface area contributed by atoms with Crippen molar-refractivity contribution < 1.29 is 13.5 Å². The highest BCUT2D eigenvalue weighted by atomic mass is 19.1. The van der Waals surface area contributed by atoms with Crippen molar-refractivity contribution in [3.8, 4) is 5.75 Å². The van der Waals surface area contributed by atoms with Crippen molar-refractivity contribution in [3.05, 3.63) is 46.5 Å². The monoisotopic (exact) mass is 302 g/mol. The molecule has 2 aromatic carbocycles. The van der Waals surface area contributed by atoms with Gasteiger partial charge in [-0.1, -0.05) is 31.9 Å². The Labute approximate surface area is 129 Å². The van der Waals surface area contributed by atoms with Gasteiger partial charge in [0.25, 0.3) is 0 Å². The smallest absolute Gasteiger partial charge is 0.176 e. The summed E-state index contributed by atoms with van der Waals surface area (Å²) in [5.74, 6) is -0.849. The highest BCUT2D eigenvalue weighted by molar-refractivity contribution is 5.89. The van der Waals surface area contributed by atoms with E-state index in [0.29, 0.717) is 29.5 Å². The number of aryl methyl sites for hydroxylation is 1. The maximum absolute atomic E-state index is 14.7. The lowest BCUT2D eigenvalue weighted by atomic mass is 9.97. The van der Waals surface area contributed by atoms with E-state index in [1.807, 2.05) is 13.0 Å². The van der Waals surface area contributed by atoms with E-state index in [9.17, 15) is 8.78 Å². The lowest BCUT2D eigenvalue weighted by molar-refractivity contribution is 0.329. The third-order valence-corrected chi connectivity index (χ3v) is 4.14. The van der Waals surface area contributed by atoms with Gasteiger partial charge in [0.1, 0.15) is 12.4 Å². The molecule has 116 valence electrons. The molecule has 0 N–H and O–H groups in total. The molecule has 1 heterocycles. The second-order valence-electron chi connectivity index (χ2n) is 5.98. The summed E-state index contributed by atoms with van der Waals surface area (Å²) in [5, 5.41) is 0.642. The fourth-order valence-electron chi connectivity index (χ4n) is 2.96. The average molecular weight is 302 g/mol. The van der Waals surface area contributed by atoms with E-state index >= 15 is 0 Å². The maximum atomic E-state index is 14.7. The van der Waals surface area contributed by atoms with Gasteiger partial charge < -0.3 is 4.74 Å². The summed E-state index contributed by atoms with van der Waals surface area (Å²) in [7, 11) is 0. The Kier molecular flexibility index (Phi) is 4.14. The van der Waals surface area contributed by atoms with Crippen LogP contribution in [0.3, 0.4) is 0 Å². The summed E-state index contributed by atoms with van der Waals surface area (Å²) in [6.07, 6.45) is 5.60. The summed E-state index contributed by atoms with van der Waals surface area (Å²) >= 11 is 0. The molecule has 0 fully saturated rings. The molecule has 0 aliphatic carbocycles. The standard InChI is InChI=1S/C19H20F2O/c1-3-4-5-6-13-7-8-14-10-15-9-12(2)11-22-19(15)18(21)16(14)17(13)20/h7-10H,3-6,11H2,1-2H3. The van der Waals surface area contributed by atoms with Crippen LogP contribution in [0.2, 0.25) is 0 Å². The van der Waals surface area contributed by atoms with Crippen molar-refractivity contribution in [3.63, 3.8) is 0 Å². The van der Waals surface area contributed by atoms with Gasteiger partial charge in [0.15, 0.2) is 11.6 Å². The number of benzene rings is 2. The largest absolute Gasteiger partial charge is 0.486 e. The SMILES string of the molecule is CCCCCc1ccc2cc3c(c(F)c2c1F)OCC(C)=C3. The Hall–Kier alpha value is -1.90. The van der Waals surface area contributed by atoms with Crippen LogP contribution in [0.5, 0.6) is 5.75 Å². The number of ether oxygens (including phenoxy) is 1. The van der Waals surface area contributed by atoms with E-state index in [2.05, 4.69) is 6.92 Å². The van der Waals surface area contributed by atoms with E-state index in [0.717, 1.165) is 24.8 Å². The number of unbranched alkanes of at least 4 members (excludes halogenated alkanes) is 2. The molecule has 0 bridgehead atoms. The van der Waals surface area contributed by atoms with Crippen LogP contribution in [0.15, 0.2) is 23.8 Å². The molecule has 3 heteroatoms. The minimum atomic E-state index is -0.578. The highest BCUT2D eigenvalue weighted by Gasteiger charge is 2.21. The van der Waals surface area contributed by atoms with Gasteiger partial charge in [0, 0.05) is 5.56 Å². The zero-order valence-corrected chi connectivity index (χ0v) is 13.0. The average Bonchev–Trinajstić information content (AvgIpc) is 2.49. The van der Waals surface area contributed by atoms with E-state index in [-0.39, 0.29) is 11.1 Å². The van der Waals surface area contributed by atoms with Crippen molar-refractivity contribution >= 4 is 16.8 Å². The molecule has 22 heavy (non-hydrogen) atoms. The van der Waals surface area contributed by atoms with Crippen molar-refractivity contribution in [2.24, 2.45) is 0 Å². The van der Waals surface area contributed by atoms with Gasteiger partial charge in [-0.25, -0.2) is 8.78 Å². The van der Waals surface area contributed by atoms with Crippen LogP contribution in [-0.4, -0.2) is 6.61 Å². The van der Waals surface area contributed by atoms with Crippen molar-refractivity contribution in [1.29, 1.82) is 0 Å². The minimum Gasteiger partial charge on any atom is -0.486 e. The molecular formula is C19H20F2O. The fraction of sp³-hybridized carbons (Fsp3) is 0.368. The van der Waals surface area contributed by atoms with Crippen LogP contribution in [0.25, 0.3) is 16.8 Å². The summed E-state index contributed by atoms with van der Waals surface area (Å²) in [5.41, 5.74) is 2.30. The second-order valence-corrected chi connectivity index (χ2v) is 5.98. The van der Waals surface area contributed by atoms with Crippen LogP contribution in [-0.2, 0) is 6.42 Å². The summed E-state index contributed by atoms with van der Waals surface area (Å²) < 4.78 is 34.9. The summed E-state index contributed by atoms with van der Waals surface area (Å²) in [6.45, 7) is 4.39. The van der Waals surface area contributed by atoms with Crippen molar-refractivity contribution in [2.45, 2.75) is 39.5 Å².